The zero-order chi connectivity index (χ0) is 27.2. The molecule has 6 aliphatic carbocycles. The van der Waals surface area contributed by atoms with E-state index in [1.165, 1.54) is 0 Å². The van der Waals surface area contributed by atoms with Crippen LogP contribution < -0.4 is 0 Å². The molecule has 3 N–H and O–H groups in total. The van der Waals surface area contributed by atoms with Crippen LogP contribution in [0.2, 0.25) is 0 Å². The first-order valence-corrected chi connectivity index (χ1v) is 14.2. The third-order valence-electron chi connectivity index (χ3n) is 11.9. The molecular weight excluding hydrogens is 488 g/mol. The lowest BCUT2D eigenvalue weighted by atomic mass is 9.45. The first-order valence-electron chi connectivity index (χ1n) is 14.2. The number of ketones is 2. The van der Waals surface area contributed by atoms with E-state index >= 15 is 0 Å². The Morgan fingerprint density at radius 1 is 1.05 bits per heavy atom. The maximum atomic E-state index is 13.5. The lowest BCUT2D eigenvalue weighted by Gasteiger charge is -2.60. The van der Waals surface area contributed by atoms with Crippen LogP contribution in [0.5, 0.6) is 0 Å². The zero-order valence-corrected chi connectivity index (χ0v) is 22.1. The van der Waals surface area contributed by atoms with Crippen LogP contribution in [-0.2, 0) is 23.9 Å². The minimum atomic E-state index is -1.73. The van der Waals surface area contributed by atoms with Crippen molar-refractivity contribution in [2.45, 2.75) is 76.9 Å². The molecule has 0 aromatic rings. The Balaban J connectivity index is 1.19. The van der Waals surface area contributed by atoms with Crippen molar-refractivity contribution in [1.29, 1.82) is 0 Å². The topological polar surface area (TPSA) is 138 Å². The number of hydrogen-bond acceptors (Lipinski definition) is 7. The van der Waals surface area contributed by atoms with Crippen molar-refractivity contribution < 1.29 is 39.2 Å². The van der Waals surface area contributed by atoms with Gasteiger partial charge >= 0.3 is 11.9 Å². The second kappa shape index (κ2) is 8.59. The molecule has 0 heterocycles. The van der Waals surface area contributed by atoms with Crippen LogP contribution >= 0.6 is 0 Å². The average molecular weight is 527 g/mol. The molecule has 4 saturated carbocycles. The Hall–Kier alpha value is -2.32. The van der Waals surface area contributed by atoms with E-state index in [1.807, 2.05) is 19.1 Å². The minimum Gasteiger partial charge on any atom is -0.481 e. The Morgan fingerprint density at radius 3 is 2.47 bits per heavy atom. The van der Waals surface area contributed by atoms with Crippen LogP contribution in [0.1, 0.15) is 65.2 Å². The van der Waals surface area contributed by atoms with Crippen molar-refractivity contribution in [2.24, 2.45) is 52.3 Å². The molecule has 6 aliphatic rings. The van der Waals surface area contributed by atoms with Crippen LogP contribution in [-0.4, -0.2) is 57.1 Å². The monoisotopic (exact) mass is 526 g/mol. The van der Waals surface area contributed by atoms with Gasteiger partial charge in [-0.05, 0) is 86.0 Å². The van der Waals surface area contributed by atoms with Gasteiger partial charge in [0.05, 0.1) is 17.9 Å². The number of fused-ring (bicyclic) bond motifs is 7. The molecule has 4 fully saturated rings. The summed E-state index contributed by atoms with van der Waals surface area (Å²) in [7, 11) is 0. The number of allylic oxidation sites excluding steroid dienone is 3. The quantitative estimate of drug-likeness (QED) is 0.367. The van der Waals surface area contributed by atoms with Crippen LogP contribution in [0.15, 0.2) is 23.8 Å². The summed E-state index contributed by atoms with van der Waals surface area (Å²) < 4.78 is 5.41. The Labute approximate surface area is 222 Å². The Bertz CT molecular complexity index is 1150. The zero-order valence-electron chi connectivity index (χ0n) is 22.1. The standard InChI is InChI=1S/C30H38O8/c1-28-9-7-18(31)12-17(28)5-6-19-20-8-10-30(37,29(20,2)13-21(32)25(19)28)22(33)14-38-27(36)24-16-4-3-15(11-16)23(24)26(34)35/h3-4,12,15-16,19-21,23-25,32,37H,5-11,13-14H2,1-2H3,(H,34,35)/t15?,16?,19-,20-,21?,23?,24?,25+,28-,29-,30-/m0/s1. The predicted octanol–water partition coefficient (Wildman–Crippen LogP) is 2.86. The largest absolute Gasteiger partial charge is 0.481 e. The molecule has 8 heteroatoms. The number of carbonyl (C=O) groups is 4. The van der Waals surface area contributed by atoms with Gasteiger partial charge in [0.25, 0.3) is 0 Å². The molecule has 5 unspecified atom stereocenters. The van der Waals surface area contributed by atoms with Crippen molar-refractivity contribution >= 4 is 23.5 Å². The molecular formula is C30H38O8. The number of hydrogen-bond donors (Lipinski definition) is 3. The number of esters is 1. The fourth-order valence-corrected chi connectivity index (χ4v) is 9.98. The molecule has 2 bridgehead atoms. The second-order valence-electron chi connectivity index (χ2n) is 13.3. The van der Waals surface area contributed by atoms with Crippen molar-refractivity contribution in [1.82, 2.24) is 0 Å². The van der Waals surface area contributed by atoms with Gasteiger partial charge in [-0.1, -0.05) is 31.6 Å². The smallest absolute Gasteiger partial charge is 0.310 e. The molecule has 0 radical (unpaired) electrons. The lowest BCUT2D eigenvalue weighted by Crippen LogP contribution is -2.62. The van der Waals surface area contributed by atoms with Gasteiger partial charge in [-0.15, -0.1) is 0 Å². The number of carbonyl (C=O) groups excluding carboxylic acids is 3. The fourth-order valence-electron chi connectivity index (χ4n) is 9.98. The van der Waals surface area contributed by atoms with E-state index < -0.39 is 53.3 Å². The van der Waals surface area contributed by atoms with Gasteiger partial charge in [0.2, 0.25) is 5.78 Å². The Kier molecular flexibility index (Phi) is 5.86. The van der Waals surface area contributed by atoms with E-state index in [1.54, 1.807) is 6.08 Å². The van der Waals surface area contributed by atoms with Gasteiger partial charge in [-0.3, -0.25) is 19.2 Å². The highest BCUT2D eigenvalue weighted by atomic mass is 16.5. The normalized spacial score (nSPS) is 48.6. The summed E-state index contributed by atoms with van der Waals surface area (Å²) >= 11 is 0. The van der Waals surface area contributed by atoms with E-state index in [9.17, 15) is 34.5 Å². The highest BCUT2D eigenvalue weighted by Gasteiger charge is 2.68. The SMILES string of the molecule is C[C@]12CCC(=O)C=C1CC[C@@H]1[C@@H]2C(O)C[C@@]2(C)[C@H]1CC[C@]2(O)C(=O)COC(=O)C1C2C=CC(C2)C1C(=O)O. The first-order chi connectivity index (χ1) is 17.9. The number of Topliss-reactive ketones (excluding diaryl/α,β-unsaturated/α-hetero) is 1. The van der Waals surface area contributed by atoms with Gasteiger partial charge in [0, 0.05) is 11.8 Å². The minimum absolute atomic E-state index is 0.0252. The van der Waals surface area contributed by atoms with E-state index in [0.29, 0.717) is 25.7 Å². The van der Waals surface area contributed by atoms with Crippen molar-refractivity contribution in [3.8, 4) is 0 Å². The summed E-state index contributed by atoms with van der Waals surface area (Å²) in [5.74, 6) is -4.09. The third kappa shape index (κ3) is 3.41. The van der Waals surface area contributed by atoms with Crippen LogP contribution in [0.4, 0.5) is 0 Å². The molecule has 0 amide bonds. The predicted molar refractivity (Wildman–Crippen MR) is 134 cm³/mol. The van der Waals surface area contributed by atoms with Gasteiger partial charge in [-0.2, -0.15) is 0 Å². The molecule has 0 aromatic heterocycles. The summed E-state index contributed by atoms with van der Waals surface area (Å²) in [6.45, 7) is 3.45. The van der Waals surface area contributed by atoms with Gasteiger partial charge in [-0.25, -0.2) is 0 Å². The highest BCUT2D eigenvalue weighted by molar-refractivity contribution is 5.92. The Morgan fingerprint density at radius 2 is 1.76 bits per heavy atom. The van der Waals surface area contributed by atoms with E-state index in [-0.39, 0.29) is 53.6 Å². The van der Waals surface area contributed by atoms with E-state index in [4.69, 9.17) is 4.74 Å². The van der Waals surface area contributed by atoms with Crippen molar-refractivity contribution in [3.63, 3.8) is 0 Å². The van der Waals surface area contributed by atoms with Gasteiger partial charge in [0.15, 0.2) is 12.4 Å². The molecule has 0 spiro atoms. The maximum Gasteiger partial charge on any atom is 0.310 e. The molecule has 38 heavy (non-hydrogen) atoms. The number of carboxylic acids is 1. The summed E-state index contributed by atoms with van der Waals surface area (Å²) in [5.41, 5.74) is -1.72. The molecule has 0 aromatic carbocycles. The molecule has 0 saturated heterocycles. The first kappa shape index (κ1) is 25.9. The highest BCUT2D eigenvalue weighted by Crippen LogP contribution is 2.67. The van der Waals surface area contributed by atoms with Crippen molar-refractivity contribution in [3.05, 3.63) is 23.8 Å². The van der Waals surface area contributed by atoms with Gasteiger partial charge in [0.1, 0.15) is 5.60 Å². The second-order valence-corrected chi connectivity index (χ2v) is 13.3. The molecule has 0 aliphatic heterocycles. The fraction of sp³-hybridized carbons (Fsp3) is 0.733. The number of aliphatic hydroxyl groups is 2. The molecule has 206 valence electrons. The number of aliphatic hydroxyl groups excluding tert-OH is 1. The number of carboxylic acid groups (broad SMARTS) is 1. The van der Waals surface area contributed by atoms with Crippen LogP contribution in [0, 0.1) is 52.3 Å². The lowest BCUT2D eigenvalue weighted by molar-refractivity contribution is -0.185. The molecule has 11 atom stereocenters. The maximum absolute atomic E-state index is 13.5. The van der Waals surface area contributed by atoms with Crippen molar-refractivity contribution in [2.75, 3.05) is 6.61 Å². The van der Waals surface area contributed by atoms with Crippen LogP contribution in [0.25, 0.3) is 0 Å². The molecule has 6 rings (SSSR count). The van der Waals surface area contributed by atoms with Crippen LogP contribution in [0.3, 0.4) is 0 Å². The average Bonchev–Trinajstić information content (AvgIpc) is 3.55. The summed E-state index contributed by atoms with van der Waals surface area (Å²) in [6, 6.07) is 0. The molecule has 8 nitrogen and oxygen atoms in total. The van der Waals surface area contributed by atoms with E-state index in [2.05, 4.69) is 6.92 Å². The summed E-state index contributed by atoms with van der Waals surface area (Å²) in [4.78, 5) is 50.4. The van der Waals surface area contributed by atoms with E-state index in [0.717, 1.165) is 18.4 Å². The number of rotatable bonds is 5. The summed E-state index contributed by atoms with van der Waals surface area (Å²) in [6.07, 6.45) is 9.31. The number of ether oxygens (including phenoxy) is 1. The number of aliphatic carboxylic acids is 1. The van der Waals surface area contributed by atoms with Gasteiger partial charge < -0.3 is 20.1 Å². The summed E-state index contributed by atoms with van der Waals surface area (Å²) in [5, 5.41) is 33.0. The third-order valence-corrected chi connectivity index (χ3v) is 11.9.